The fourth-order valence-electron chi connectivity index (χ4n) is 1.32. The van der Waals surface area contributed by atoms with Crippen molar-refractivity contribution >= 4 is 0 Å². The fraction of sp³-hybridized carbons (Fsp3) is 0.500. The van der Waals surface area contributed by atoms with Crippen LogP contribution in [0.3, 0.4) is 0 Å². The quantitative estimate of drug-likeness (QED) is 0.767. The normalized spacial score (nSPS) is 15.1. The molecule has 0 spiro atoms. The number of nitrogens with one attached hydrogen (secondary N) is 1. The van der Waals surface area contributed by atoms with Crippen LogP contribution in [0.1, 0.15) is 31.0 Å². The van der Waals surface area contributed by atoms with Crippen molar-refractivity contribution in [3.8, 4) is 0 Å². The second-order valence-electron chi connectivity index (χ2n) is 3.89. The van der Waals surface area contributed by atoms with E-state index in [0.717, 1.165) is 0 Å². The van der Waals surface area contributed by atoms with Gasteiger partial charge in [-0.2, -0.15) is 0 Å². The number of benzene rings is 1. The van der Waals surface area contributed by atoms with Crippen molar-refractivity contribution < 1.29 is 5.11 Å². The Morgan fingerprint density at radius 3 is 2.29 bits per heavy atom. The van der Waals surface area contributed by atoms with Crippen LogP contribution >= 0.6 is 0 Å². The number of hydrogen-bond donors (Lipinski definition) is 2. The zero-order chi connectivity index (χ0) is 10.6. The van der Waals surface area contributed by atoms with Crippen LogP contribution in [0, 0.1) is 6.92 Å². The van der Waals surface area contributed by atoms with Crippen LogP contribution in [-0.2, 0) is 0 Å². The molecule has 0 amide bonds. The van der Waals surface area contributed by atoms with Gasteiger partial charge < -0.3 is 10.4 Å². The Morgan fingerprint density at radius 2 is 1.79 bits per heavy atom. The first-order valence-corrected chi connectivity index (χ1v) is 5.07. The van der Waals surface area contributed by atoms with Gasteiger partial charge in [0.2, 0.25) is 0 Å². The Balaban J connectivity index is 2.52. The number of aryl methyl sites for hydroxylation is 1. The van der Waals surface area contributed by atoms with Crippen molar-refractivity contribution in [1.82, 2.24) is 5.32 Å². The summed E-state index contributed by atoms with van der Waals surface area (Å²) in [6.45, 7) is 6.61. The second-order valence-corrected chi connectivity index (χ2v) is 3.89. The van der Waals surface area contributed by atoms with E-state index in [9.17, 15) is 0 Å². The summed E-state index contributed by atoms with van der Waals surface area (Å²) in [5, 5.41) is 12.4. The van der Waals surface area contributed by atoms with Gasteiger partial charge in [-0.3, -0.25) is 0 Å². The largest absolute Gasteiger partial charge is 0.392 e. The summed E-state index contributed by atoms with van der Waals surface area (Å²) in [5.74, 6) is 0. The van der Waals surface area contributed by atoms with Gasteiger partial charge in [-0.1, -0.05) is 29.8 Å². The Hall–Kier alpha value is -0.860. The van der Waals surface area contributed by atoms with Crippen molar-refractivity contribution in [2.75, 3.05) is 6.54 Å². The molecule has 0 aromatic heterocycles. The lowest BCUT2D eigenvalue weighted by molar-refractivity contribution is 0.187. The molecule has 0 aliphatic heterocycles. The van der Waals surface area contributed by atoms with E-state index in [0.29, 0.717) is 12.6 Å². The minimum Gasteiger partial charge on any atom is -0.392 e. The molecule has 1 aromatic rings. The van der Waals surface area contributed by atoms with Gasteiger partial charge in [0.05, 0.1) is 6.10 Å². The Labute approximate surface area is 86.0 Å². The molecule has 78 valence electrons. The number of aliphatic hydroxyl groups is 1. The number of aliphatic hydroxyl groups excluding tert-OH is 1. The summed E-state index contributed by atoms with van der Waals surface area (Å²) in [6.07, 6.45) is -0.289. The molecule has 2 heteroatoms. The monoisotopic (exact) mass is 193 g/mol. The van der Waals surface area contributed by atoms with Gasteiger partial charge in [-0.15, -0.1) is 0 Å². The summed E-state index contributed by atoms with van der Waals surface area (Å²) in [6, 6.07) is 8.75. The minimum absolute atomic E-state index is 0.289. The third-order valence-electron chi connectivity index (χ3n) is 2.30. The molecule has 14 heavy (non-hydrogen) atoms. The Morgan fingerprint density at radius 1 is 1.21 bits per heavy atom. The summed E-state index contributed by atoms with van der Waals surface area (Å²) < 4.78 is 0. The highest BCUT2D eigenvalue weighted by Gasteiger charge is 2.04. The van der Waals surface area contributed by atoms with Crippen LogP contribution in [0.15, 0.2) is 24.3 Å². The molecule has 1 aromatic carbocycles. The van der Waals surface area contributed by atoms with Crippen LogP contribution in [0.4, 0.5) is 0 Å². The van der Waals surface area contributed by atoms with Crippen molar-refractivity contribution in [2.24, 2.45) is 0 Å². The molecule has 0 aliphatic carbocycles. The highest BCUT2D eigenvalue weighted by Crippen LogP contribution is 2.12. The third-order valence-corrected chi connectivity index (χ3v) is 2.30. The maximum absolute atomic E-state index is 9.13. The highest BCUT2D eigenvalue weighted by atomic mass is 16.3. The van der Waals surface area contributed by atoms with Crippen molar-refractivity contribution in [1.29, 1.82) is 0 Å². The second kappa shape index (κ2) is 5.13. The Kier molecular flexibility index (Phi) is 4.11. The average Bonchev–Trinajstić information content (AvgIpc) is 2.15. The first-order chi connectivity index (χ1) is 6.59. The molecule has 1 unspecified atom stereocenters. The maximum Gasteiger partial charge on any atom is 0.0636 e. The Bertz CT molecular complexity index is 266. The van der Waals surface area contributed by atoms with Gasteiger partial charge in [0.25, 0.3) is 0 Å². The predicted octanol–water partition coefficient (Wildman–Crippen LogP) is 2.03. The molecular weight excluding hydrogens is 174 g/mol. The molecule has 0 fully saturated rings. The van der Waals surface area contributed by atoms with E-state index >= 15 is 0 Å². The van der Waals surface area contributed by atoms with E-state index in [1.165, 1.54) is 11.1 Å². The molecule has 0 heterocycles. The van der Waals surface area contributed by atoms with Gasteiger partial charge in [0.15, 0.2) is 0 Å². The number of rotatable bonds is 4. The molecule has 2 atom stereocenters. The molecule has 2 N–H and O–H groups in total. The maximum atomic E-state index is 9.13. The van der Waals surface area contributed by atoms with Crippen LogP contribution in [0.2, 0.25) is 0 Å². The lowest BCUT2D eigenvalue weighted by Crippen LogP contribution is -2.27. The van der Waals surface area contributed by atoms with E-state index in [1.807, 2.05) is 0 Å². The molecular formula is C12H19NO. The summed E-state index contributed by atoms with van der Waals surface area (Å²) in [5.41, 5.74) is 2.53. The van der Waals surface area contributed by atoms with Gasteiger partial charge >= 0.3 is 0 Å². The van der Waals surface area contributed by atoms with E-state index in [2.05, 4.69) is 43.4 Å². The van der Waals surface area contributed by atoms with Gasteiger partial charge in [0.1, 0.15) is 0 Å². The first-order valence-electron chi connectivity index (χ1n) is 5.07. The lowest BCUT2D eigenvalue weighted by atomic mass is 10.1. The SMILES string of the molecule is Cc1ccc([C@H](C)NCC(C)O)cc1. The fourth-order valence-corrected chi connectivity index (χ4v) is 1.32. The minimum atomic E-state index is -0.289. The molecule has 0 saturated carbocycles. The third kappa shape index (κ3) is 3.48. The van der Waals surface area contributed by atoms with Gasteiger partial charge in [-0.05, 0) is 26.3 Å². The van der Waals surface area contributed by atoms with Crippen molar-refractivity contribution in [2.45, 2.75) is 32.9 Å². The van der Waals surface area contributed by atoms with Crippen molar-refractivity contribution in [3.05, 3.63) is 35.4 Å². The molecule has 0 saturated heterocycles. The lowest BCUT2D eigenvalue weighted by Gasteiger charge is -2.15. The van der Waals surface area contributed by atoms with E-state index in [-0.39, 0.29) is 6.10 Å². The predicted molar refractivity (Wildman–Crippen MR) is 59.3 cm³/mol. The van der Waals surface area contributed by atoms with E-state index < -0.39 is 0 Å². The van der Waals surface area contributed by atoms with Crippen molar-refractivity contribution in [3.63, 3.8) is 0 Å². The smallest absolute Gasteiger partial charge is 0.0636 e. The van der Waals surface area contributed by atoms with Crippen LogP contribution in [-0.4, -0.2) is 17.8 Å². The first kappa shape index (κ1) is 11.2. The van der Waals surface area contributed by atoms with E-state index in [1.54, 1.807) is 6.92 Å². The van der Waals surface area contributed by atoms with E-state index in [4.69, 9.17) is 5.11 Å². The molecule has 1 rings (SSSR count). The number of hydrogen-bond acceptors (Lipinski definition) is 2. The summed E-state index contributed by atoms with van der Waals surface area (Å²) in [4.78, 5) is 0. The average molecular weight is 193 g/mol. The summed E-state index contributed by atoms with van der Waals surface area (Å²) >= 11 is 0. The molecule has 0 bridgehead atoms. The zero-order valence-electron chi connectivity index (χ0n) is 9.12. The summed E-state index contributed by atoms with van der Waals surface area (Å²) in [7, 11) is 0. The standard InChI is InChI=1S/C12H19NO/c1-9-4-6-12(7-5-9)11(3)13-8-10(2)14/h4-7,10-11,13-14H,8H2,1-3H3/t10?,11-/m0/s1. The zero-order valence-corrected chi connectivity index (χ0v) is 9.12. The topological polar surface area (TPSA) is 32.3 Å². The van der Waals surface area contributed by atoms with Gasteiger partial charge in [-0.25, -0.2) is 0 Å². The molecule has 0 radical (unpaired) electrons. The van der Waals surface area contributed by atoms with Crippen LogP contribution in [0.25, 0.3) is 0 Å². The van der Waals surface area contributed by atoms with Crippen LogP contribution < -0.4 is 5.32 Å². The molecule has 2 nitrogen and oxygen atoms in total. The highest BCUT2D eigenvalue weighted by molar-refractivity contribution is 5.23. The van der Waals surface area contributed by atoms with Crippen LogP contribution in [0.5, 0.6) is 0 Å². The van der Waals surface area contributed by atoms with Gasteiger partial charge in [0, 0.05) is 12.6 Å². The molecule has 0 aliphatic rings.